The van der Waals surface area contributed by atoms with Gasteiger partial charge >= 0.3 is 0 Å². The maximum absolute atomic E-state index is 11.6. The van der Waals surface area contributed by atoms with Crippen LogP contribution >= 0.6 is 0 Å². The molecule has 1 aliphatic heterocycles. The minimum Gasteiger partial charge on any atom is -0.377 e. The molecule has 1 aliphatic rings. The number of carbonyl (C=O) groups excluding carboxylic acids is 2. The van der Waals surface area contributed by atoms with E-state index < -0.39 is 0 Å². The van der Waals surface area contributed by atoms with Crippen molar-refractivity contribution in [2.24, 2.45) is 10.8 Å². The molecule has 0 aromatic carbocycles. The molecule has 0 bridgehead atoms. The van der Waals surface area contributed by atoms with E-state index in [4.69, 9.17) is 4.74 Å². The maximum atomic E-state index is 11.6. The molecule has 4 heteroatoms. The van der Waals surface area contributed by atoms with E-state index in [1.807, 2.05) is 6.92 Å². The lowest BCUT2D eigenvalue weighted by Crippen LogP contribution is -2.38. The lowest BCUT2D eigenvalue weighted by Gasteiger charge is -2.28. The first-order chi connectivity index (χ1) is 10.0. The Morgan fingerprint density at radius 3 is 2.18 bits per heavy atom. The van der Waals surface area contributed by atoms with Crippen LogP contribution in [0.3, 0.4) is 0 Å². The molecule has 0 saturated carbocycles. The highest BCUT2D eigenvalue weighted by atomic mass is 16.5. The van der Waals surface area contributed by atoms with Crippen molar-refractivity contribution in [3.63, 3.8) is 0 Å². The third-order valence-electron chi connectivity index (χ3n) is 3.35. The molecule has 0 spiro atoms. The first-order valence-electron chi connectivity index (χ1n) is 7.77. The van der Waals surface area contributed by atoms with Crippen molar-refractivity contribution >= 4 is 11.8 Å². The third kappa shape index (κ3) is 6.56. The molecule has 0 radical (unpaired) electrons. The van der Waals surface area contributed by atoms with Gasteiger partial charge in [-0.3, -0.25) is 14.5 Å². The molecule has 22 heavy (non-hydrogen) atoms. The van der Waals surface area contributed by atoms with Crippen LogP contribution in [0, 0.1) is 10.8 Å². The number of hydrogen-bond acceptors (Lipinski definition) is 3. The second kappa shape index (κ2) is 7.23. The number of hydrogen-bond donors (Lipinski definition) is 0. The lowest BCUT2D eigenvalue weighted by molar-refractivity contribution is -0.138. The van der Waals surface area contributed by atoms with E-state index in [2.05, 4.69) is 40.7 Å². The molecule has 0 aliphatic carbocycles. The number of nitrogens with zero attached hydrogens (tertiary/aromatic N) is 1. The van der Waals surface area contributed by atoms with Crippen LogP contribution in [0.1, 0.15) is 48.0 Å². The molecular weight excluding hydrogens is 278 g/mol. The van der Waals surface area contributed by atoms with E-state index in [9.17, 15) is 9.59 Å². The summed E-state index contributed by atoms with van der Waals surface area (Å²) in [6.07, 6.45) is 5.61. The van der Waals surface area contributed by atoms with Crippen LogP contribution in [0.4, 0.5) is 0 Å². The van der Waals surface area contributed by atoms with Crippen molar-refractivity contribution in [3.05, 3.63) is 23.8 Å². The molecule has 0 N–H and O–H groups in total. The van der Waals surface area contributed by atoms with Gasteiger partial charge in [-0.05, 0) is 24.2 Å². The normalized spacial score (nSPS) is 16.8. The molecule has 124 valence electrons. The van der Waals surface area contributed by atoms with Crippen LogP contribution in [0.5, 0.6) is 0 Å². The Kier molecular flexibility index (Phi) is 6.12. The van der Waals surface area contributed by atoms with Gasteiger partial charge < -0.3 is 4.74 Å². The molecule has 1 rings (SSSR count). The summed E-state index contributed by atoms with van der Waals surface area (Å²) in [6, 6.07) is 0. The van der Waals surface area contributed by atoms with Gasteiger partial charge in [-0.2, -0.15) is 0 Å². The molecular formula is C18H29NO3. The zero-order valence-corrected chi connectivity index (χ0v) is 14.7. The van der Waals surface area contributed by atoms with E-state index in [0.717, 1.165) is 13.0 Å². The fraction of sp³-hybridized carbons (Fsp3) is 0.667. The van der Waals surface area contributed by atoms with Gasteiger partial charge in [0.25, 0.3) is 11.8 Å². The molecule has 0 aromatic heterocycles. The second-order valence-electron chi connectivity index (χ2n) is 8.07. The summed E-state index contributed by atoms with van der Waals surface area (Å²) >= 11 is 0. The van der Waals surface area contributed by atoms with Crippen LogP contribution in [0.25, 0.3) is 0 Å². The Bertz CT molecular complexity index is 463. The average Bonchev–Trinajstić information content (AvgIpc) is 2.66. The number of allylic oxidation sites excluding steroid dienone is 1. The van der Waals surface area contributed by atoms with E-state index in [-0.39, 0.29) is 22.6 Å². The monoisotopic (exact) mass is 307 g/mol. The van der Waals surface area contributed by atoms with Crippen molar-refractivity contribution in [2.75, 3.05) is 19.8 Å². The highest BCUT2D eigenvalue weighted by molar-refractivity contribution is 6.12. The number of carbonyl (C=O) groups is 2. The first kappa shape index (κ1) is 18.6. The second-order valence-corrected chi connectivity index (χ2v) is 8.07. The highest BCUT2D eigenvalue weighted by Crippen LogP contribution is 2.25. The van der Waals surface area contributed by atoms with Crippen molar-refractivity contribution in [2.45, 2.75) is 48.0 Å². The van der Waals surface area contributed by atoms with Gasteiger partial charge in [0.1, 0.15) is 0 Å². The SMILES string of the molecule is C/C(=C\CC(C)(C)CN1C(=O)C=CC1=O)COCC(C)(C)C. The summed E-state index contributed by atoms with van der Waals surface area (Å²) in [5.74, 6) is -0.431. The molecule has 0 aromatic rings. The summed E-state index contributed by atoms with van der Waals surface area (Å²) in [7, 11) is 0. The molecule has 0 unspecified atom stereocenters. The highest BCUT2D eigenvalue weighted by Gasteiger charge is 2.29. The molecule has 0 saturated heterocycles. The zero-order valence-electron chi connectivity index (χ0n) is 14.7. The van der Waals surface area contributed by atoms with Gasteiger partial charge in [0.05, 0.1) is 13.2 Å². The summed E-state index contributed by atoms with van der Waals surface area (Å²) in [4.78, 5) is 24.5. The Morgan fingerprint density at radius 2 is 1.68 bits per heavy atom. The van der Waals surface area contributed by atoms with E-state index in [1.165, 1.54) is 22.6 Å². The van der Waals surface area contributed by atoms with Gasteiger partial charge in [0.15, 0.2) is 0 Å². The fourth-order valence-electron chi connectivity index (χ4n) is 2.11. The van der Waals surface area contributed by atoms with Crippen molar-refractivity contribution < 1.29 is 14.3 Å². The zero-order chi connectivity index (χ0) is 17.0. The minimum atomic E-state index is -0.215. The first-order valence-corrected chi connectivity index (χ1v) is 7.77. The smallest absolute Gasteiger partial charge is 0.253 e. The number of amides is 2. The van der Waals surface area contributed by atoms with Crippen molar-refractivity contribution in [1.82, 2.24) is 4.90 Å². The predicted octanol–water partition coefficient (Wildman–Crippen LogP) is 3.34. The van der Waals surface area contributed by atoms with E-state index in [1.54, 1.807) is 0 Å². The lowest BCUT2D eigenvalue weighted by atomic mass is 9.88. The maximum Gasteiger partial charge on any atom is 0.253 e. The standard InChI is InChI=1S/C18H29NO3/c1-14(11-22-13-17(2,3)4)9-10-18(5,6)12-19-15(20)7-8-16(19)21/h7-9H,10-13H2,1-6H3/b14-9+. The molecule has 0 fully saturated rings. The average molecular weight is 307 g/mol. The predicted molar refractivity (Wildman–Crippen MR) is 88.3 cm³/mol. The Labute approximate surface area is 134 Å². The van der Waals surface area contributed by atoms with Gasteiger partial charge in [-0.25, -0.2) is 0 Å². The third-order valence-corrected chi connectivity index (χ3v) is 3.35. The summed E-state index contributed by atoms with van der Waals surface area (Å²) in [5, 5.41) is 0. The van der Waals surface area contributed by atoms with E-state index in [0.29, 0.717) is 13.2 Å². The summed E-state index contributed by atoms with van der Waals surface area (Å²) in [6.45, 7) is 14.4. The minimum absolute atomic E-state index is 0.150. The quantitative estimate of drug-likeness (QED) is 0.535. The topological polar surface area (TPSA) is 46.6 Å². The van der Waals surface area contributed by atoms with Crippen molar-refractivity contribution in [3.8, 4) is 0 Å². The van der Waals surface area contributed by atoms with Crippen LogP contribution in [0.2, 0.25) is 0 Å². The Hall–Kier alpha value is -1.42. The van der Waals surface area contributed by atoms with Crippen LogP contribution in [-0.4, -0.2) is 36.5 Å². The van der Waals surface area contributed by atoms with Gasteiger partial charge in [-0.1, -0.05) is 46.3 Å². The molecule has 0 atom stereocenters. The van der Waals surface area contributed by atoms with Gasteiger partial charge in [0, 0.05) is 18.7 Å². The van der Waals surface area contributed by atoms with Gasteiger partial charge in [-0.15, -0.1) is 0 Å². The van der Waals surface area contributed by atoms with Gasteiger partial charge in [0.2, 0.25) is 0 Å². The fourth-order valence-corrected chi connectivity index (χ4v) is 2.11. The summed E-state index contributed by atoms with van der Waals surface area (Å²) in [5.41, 5.74) is 1.19. The van der Waals surface area contributed by atoms with Crippen LogP contribution < -0.4 is 0 Å². The molecule has 1 heterocycles. The molecule has 2 amide bonds. The number of rotatable bonds is 7. The van der Waals surface area contributed by atoms with Crippen LogP contribution in [-0.2, 0) is 14.3 Å². The van der Waals surface area contributed by atoms with Crippen molar-refractivity contribution in [1.29, 1.82) is 0 Å². The molecule has 4 nitrogen and oxygen atoms in total. The largest absolute Gasteiger partial charge is 0.377 e. The van der Waals surface area contributed by atoms with Crippen LogP contribution in [0.15, 0.2) is 23.8 Å². The Morgan fingerprint density at radius 1 is 1.14 bits per heavy atom. The summed E-state index contributed by atoms with van der Waals surface area (Å²) < 4.78 is 5.70. The van der Waals surface area contributed by atoms with E-state index >= 15 is 0 Å². The Balaban J connectivity index is 2.45. The number of imide groups is 1. The number of ether oxygens (including phenoxy) is 1.